The van der Waals surface area contributed by atoms with E-state index in [0.29, 0.717) is 5.56 Å². The standard InChI is InChI=1S/C20H19FN4O4/c21-14-5-3-13(4-6-14)12-25-18(28)20(23-19(25)29)7-10-24(11-8-20)17(27)15-2-1-9-22-16(15)26/h1-6,9H,7-8,10-12H2,(H,22,26)(H,23,29). The average molecular weight is 398 g/mol. The molecule has 2 aliphatic heterocycles. The molecule has 8 nitrogen and oxygen atoms in total. The van der Waals surface area contributed by atoms with Crippen molar-refractivity contribution in [2.24, 2.45) is 0 Å². The first-order valence-electron chi connectivity index (χ1n) is 9.25. The molecule has 2 fully saturated rings. The van der Waals surface area contributed by atoms with Crippen LogP contribution in [-0.2, 0) is 11.3 Å². The van der Waals surface area contributed by atoms with Crippen LogP contribution in [0.1, 0.15) is 28.8 Å². The van der Waals surface area contributed by atoms with Gasteiger partial charge in [0.15, 0.2) is 0 Å². The Morgan fingerprint density at radius 2 is 1.76 bits per heavy atom. The summed E-state index contributed by atoms with van der Waals surface area (Å²) in [5.74, 6) is -1.14. The summed E-state index contributed by atoms with van der Waals surface area (Å²) >= 11 is 0. The second-order valence-electron chi connectivity index (χ2n) is 7.24. The van der Waals surface area contributed by atoms with Gasteiger partial charge in [0.05, 0.1) is 6.54 Å². The van der Waals surface area contributed by atoms with E-state index in [1.807, 2.05) is 0 Å². The van der Waals surface area contributed by atoms with Gasteiger partial charge in [0.1, 0.15) is 16.9 Å². The fourth-order valence-electron chi connectivity index (χ4n) is 3.78. The highest BCUT2D eigenvalue weighted by atomic mass is 19.1. The number of amides is 4. The van der Waals surface area contributed by atoms with Gasteiger partial charge in [-0.2, -0.15) is 0 Å². The predicted molar refractivity (Wildman–Crippen MR) is 100 cm³/mol. The van der Waals surface area contributed by atoms with Crippen molar-refractivity contribution in [3.8, 4) is 0 Å². The lowest BCUT2D eigenvalue weighted by Crippen LogP contribution is -2.56. The lowest BCUT2D eigenvalue weighted by molar-refractivity contribution is -0.133. The van der Waals surface area contributed by atoms with E-state index in [9.17, 15) is 23.6 Å². The quantitative estimate of drug-likeness (QED) is 0.760. The molecule has 0 unspecified atom stereocenters. The van der Waals surface area contributed by atoms with Gasteiger partial charge in [-0.05, 0) is 42.7 Å². The number of carbonyl (C=O) groups is 3. The largest absolute Gasteiger partial charge is 0.338 e. The van der Waals surface area contributed by atoms with Crippen LogP contribution in [0.25, 0.3) is 0 Å². The molecule has 0 aliphatic carbocycles. The van der Waals surface area contributed by atoms with E-state index in [4.69, 9.17) is 0 Å². The Morgan fingerprint density at radius 1 is 1.07 bits per heavy atom. The summed E-state index contributed by atoms with van der Waals surface area (Å²) in [6.07, 6.45) is 1.97. The van der Waals surface area contributed by atoms with Crippen molar-refractivity contribution in [3.05, 3.63) is 69.9 Å². The second kappa shape index (κ2) is 7.16. The third-order valence-corrected chi connectivity index (χ3v) is 5.45. The Kier molecular flexibility index (Phi) is 4.65. The lowest BCUT2D eigenvalue weighted by atomic mass is 9.87. The predicted octanol–water partition coefficient (Wildman–Crippen LogP) is 1.24. The topological polar surface area (TPSA) is 103 Å². The number of aromatic amines is 1. The summed E-state index contributed by atoms with van der Waals surface area (Å²) in [5, 5.41) is 2.77. The molecule has 2 N–H and O–H groups in total. The van der Waals surface area contributed by atoms with E-state index in [2.05, 4.69) is 10.3 Å². The van der Waals surface area contributed by atoms with E-state index >= 15 is 0 Å². The summed E-state index contributed by atoms with van der Waals surface area (Å²) < 4.78 is 13.1. The molecular weight excluding hydrogens is 379 g/mol. The SMILES string of the molecule is O=C(c1ccc[nH]c1=O)N1CCC2(CC1)NC(=O)N(Cc1ccc(F)cc1)C2=O. The van der Waals surface area contributed by atoms with Crippen molar-refractivity contribution in [2.75, 3.05) is 13.1 Å². The van der Waals surface area contributed by atoms with Crippen LogP contribution < -0.4 is 10.9 Å². The van der Waals surface area contributed by atoms with Crippen LogP contribution in [0.3, 0.4) is 0 Å². The van der Waals surface area contributed by atoms with Crippen molar-refractivity contribution in [2.45, 2.75) is 24.9 Å². The molecule has 1 aromatic carbocycles. The number of carbonyl (C=O) groups excluding carboxylic acids is 3. The molecule has 3 heterocycles. The van der Waals surface area contributed by atoms with Crippen molar-refractivity contribution < 1.29 is 18.8 Å². The fraction of sp³-hybridized carbons (Fsp3) is 0.300. The number of halogens is 1. The third kappa shape index (κ3) is 3.39. The number of nitrogens with one attached hydrogen (secondary N) is 2. The number of rotatable bonds is 3. The van der Waals surface area contributed by atoms with Crippen molar-refractivity contribution >= 4 is 17.8 Å². The molecular formula is C20H19FN4O4. The number of imide groups is 1. The van der Waals surface area contributed by atoms with E-state index in [-0.39, 0.29) is 43.9 Å². The van der Waals surface area contributed by atoms with Crippen LogP contribution in [0.15, 0.2) is 47.4 Å². The maximum atomic E-state index is 13.1. The number of piperidine rings is 1. The van der Waals surface area contributed by atoms with Gasteiger partial charge in [0.25, 0.3) is 17.4 Å². The number of benzene rings is 1. The van der Waals surface area contributed by atoms with Gasteiger partial charge in [0.2, 0.25) is 0 Å². The van der Waals surface area contributed by atoms with Crippen LogP contribution >= 0.6 is 0 Å². The zero-order valence-electron chi connectivity index (χ0n) is 15.5. The van der Waals surface area contributed by atoms with Crippen molar-refractivity contribution in [1.82, 2.24) is 20.1 Å². The van der Waals surface area contributed by atoms with E-state index < -0.39 is 28.9 Å². The van der Waals surface area contributed by atoms with Crippen LogP contribution in [0.5, 0.6) is 0 Å². The normalized spacial score (nSPS) is 18.2. The Labute approximate surface area is 165 Å². The van der Waals surface area contributed by atoms with Crippen LogP contribution in [0.2, 0.25) is 0 Å². The van der Waals surface area contributed by atoms with Gasteiger partial charge < -0.3 is 15.2 Å². The molecule has 1 aromatic heterocycles. The maximum absolute atomic E-state index is 13.1. The fourth-order valence-corrected chi connectivity index (χ4v) is 3.78. The number of aromatic nitrogens is 1. The van der Waals surface area contributed by atoms with Gasteiger partial charge in [0, 0.05) is 19.3 Å². The molecule has 2 saturated heterocycles. The number of likely N-dealkylation sites (tertiary alicyclic amines) is 1. The molecule has 2 aromatic rings. The first kappa shape index (κ1) is 18.9. The number of hydrogen-bond donors (Lipinski definition) is 2. The molecule has 29 heavy (non-hydrogen) atoms. The van der Waals surface area contributed by atoms with Crippen LogP contribution in [0, 0.1) is 5.82 Å². The smallest absolute Gasteiger partial charge is 0.325 e. The lowest BCUT2D eigenvalue weighted by Gasteiger charge is -2.37. The third-order valence-electron chi connectivity index (χ3n) is 5.45. The van der Waals surface area contributed by atoms with Gasteiger partial charge in [-0.1, -0.05) is 12.1 Å². The minimum absolute atomic E-state index is 0.0446. The zero-order chi connectivity index (χ0) is 20.6. The molecule has 0 bridgehead atoms. The number of urea groups is 1. The molecule has 0 radical (unpaired) electrons. The Bertz CT molecular complexity index is 1030. The molecule has 150 valence electrons. The van der Waals surface area contributed by atoms with E-state index in [1.54, 1.807) is 6.07 Å². The van der Waals surface area contributed by atoms with Gasteiger partial charge in [-0.15, -0.1) is 0 Å². The highest BCUT2D eigenvalue weighted by Gasteiger charge is 2.52. The minimum Gasteiger partial charge on any atom is -0.338 e. The van der Waals surface area contributed by atoms with Crippen molar-refractivity contribution in [3.63, 3.8) is 0 Å². The van der Waals surface area contributed by atoms with Gasteiger partial charge >= 0.3 is 6.03 Å². The van der Waals surface area contributed by atoms with E-state index in [0.717, 1.165) is 4.90 Å². The first-order valence-corrected chi connectivity index (χ1v) is 9.25. The molecule has 0 saturated carbocycles. The summed E-state index contributed by atoms with van der Waals surface area (Å²) in [7, 11) is 0. The second-order valence-corrected chi connectivity index (χ2v) is 7.24. The average Bonchev–Trinajstić information content (AvgIpc) is 2.94. The molecule has 9 heteroatoms. The number of hydrogen-bond acceptors (Lipinski definition) is 4. The minimum atomic E-state index is -1.06. The van der Waals surface area contributed by atoms with Gasteiger partial charge in [-0.25, -0.2) is 9.18 Å². The molecule has 1 spiro atoms. The molecule has 4 rings (SSSR count). The summed E-state index contributed by atoms with van der Waals surface area (Å²) in [5.41, 5.74) is -0.837. The van der Waals surface area contributed by atoms with Crippen molar-refractivity contribution in [1.29, 1.82) is 0 Å². The molecule has 4 amide bonds. The Morgan fingerprint density at radius 3 is 2.41 bits per heavy atom. The Hall–Kier alpha value is -3.49. The molecule has 2 aliphatic rings. The summed E-state index contributed by atoms with van der Waals surface area (Å²) in [4.78, 5) is 54.9. The van der Waals surface area contributed by atoms with Crippen LogP contribution in [-0.4, -0.2) is 51.3 Å². The number of pyridine rings is 1. The highest BCUT2D eigenvalue weighted by molar-refractivity contribution is 6.07. The first-order chi connectivity index (χ1) is 13.9. The summed E-state index contributed by atoms with van der Waals surface area (Å²) in [6.45, 7) is 0.530. The highest BCUT2D eigenvalue weighted by Crippen LogP contribution is 2.30. The number of H-pyrrole nitrogens is 1. The zero-order valence-corrected chi connectivity index (χ0v) is 15.5. The summed E-state index contributed by atoms with van der Waals surface area (Å²) in [6, 6.07) is 8.14. The molecule has 0 atom stereocenters. The maximum Gasteiger partial charge on any atom is 0.325 e. The van der Waals surface area contributed by atoms with Gasteiger partial charge in [-0.3, -0.25) is 19.3 Å². The van der Waals surface area contributed by atoms with E-state index in [1.165, 1.54) is 41.4 Å². The number of nitrogens with zero attached hydrogens (tertiary/aromatic N) is 2. The Balaban J connectivity index is 1.45. The van der Waals surface area contributed by atoms with Crippen LogP contribution in [0.4, 0.5) is 9.18 Å². The monoisotopic (exact) mass is 398 g/mol.